The molecule has 0 aliphatic carbocycles. The first-order valence-corrected chi connectivity index (χ1v) is 8.14. The van der Waals surface area contributed by atoms with Crippen molar-refractivity contribution in [2.75, 3.05) is 0 Å². The number of carbonyl (C=O) groups is 2. The highest BCUT2D eigenvalue weighted by Crippen LogP contribution is 2.29. The molecule has 3 heterocycles. The van der Waals surface area contributed by atoms with Crippen LogP contribution in [0.2, 0.25) is 0 Å². The van der Waals surface area contributed by atoms with Gasteiger partial charge in [0.1, 0.15) is 5.69 Å². The van der Waals surface area contributed by atoms with Crippen LogP contribution in [0.3, 0.4) is 0 Å². The molecule has 0 bridgehead atoms. The summed E-state index contributed by atoms with van der Waals surface area (Å²) in [6.07, 6.45) is 1.59. The monoisotopic (exact) mass is 348 g/mol. The molecule has 1 saturated heterocycles. The molecule has 1 fully saturated rings. The van der Waals surface area contributed by atoms with Gasteiger partial charge < -0.3 is 9.84 Å². The number of nitrogens with zero attached hydrogens (tertiary/aromatic N) is 3. The fourth-order valence-electron chi connectivity index (χ4n) is 2.96. The van der Waals surface area contributed by atoms with Gasteiger partial charge in [-0.1, -0.05) is 41.6 Å². The van der Waals surface area contributed by atoms with Crippen LogP contribution in [0.1, 0.15) is 18.4 Å². The Bertz CT molecular complexity index is 955. The summed E-state index contributed by atoms with van der Waals surface area (Å²) in [5.74, 6) is 0.0523. The maximum atomic E-state index is 12.9. The van der Waals surface area contributed by atoms with Gasteiger partial charge in [-0.25, -0.2) is 4.79 Å². The number of carbonyl (C=O) groups excluding carboxylic acids is 2. The Kier molecular flexibility index (Phi) is 3.76. The zero-order chi connectivity index (χ0) is 18.1. The molecular weight excluding hydrogens is 332 g/mol. The number of amides is 3. The first-order valence-electron chi connectivity index (χ1n) is 8.14. The Hall–Kier alpha value is -3.48. The molecule has 2 aromatic heterocycles. The van der Waals surface area contributed by atoms with Crippen molar-refractivity contribution in [2.45, 2.75) is 19.0 Å². The van der Waals surface area contributed by atoms with E-state index in [1.54, 1.807) is 37.4 Å². The van der Waals surface area contributed by atoms with Crippen LogP contribution in [0.5, 0.6) is 0 Å². The molecule has 7 nitrogen and oxygen atoms in total. The van der Waals surface area contributed by atoms with Crippen LogP contribution in [0.4, 0.5) is 4.79 Å². The van der Waals surface area contributed by atoms with Gasteiger partial charge in [0.2, 0.25) is 0 Å². The van der Waals surface area contributed by atoms with E-state index in [9.17, 15) is 9.59 Å². The topological polar surface area (TPSA) is 88.3 Å². The number of benzene rings is 1. The number of hydrogen-bond acceptors (Lipinski definition) is 5. The Balaban J connectivity index is 1.57. The van der Waals surface area contributed by atoms with E-state index in [4.69, 9.17) is 4.52 Å². The first kappa shape index (κ1) is 16.0. The quantitative estimate of drug-likeness (QED) is 0.732. The maximum Gasteiger partial charge on any atom is 0.325 e. The van der Waals surface area contributed by atoms with Crippen LogP contribution in [0.25, 0.3) is 11.3 Å². The Labute approximate surface area is 149 Å². The van der Waals surface area contributed by atoms with Crippen LogP contribution < -0.4 is 5.32 Å². The highest BCUT2D eigenvalue weighted by Gasteiger charge is 2.50. The molecule has 1 aliphatic heterocycles. The van der Waals surface area contributed by atoms with E-state index in [2.05, 4.69) is 15.5 Å². The zero-order valence-electron chi connectivity index (χ0n) is 14.0. The van der Waals surface area contributed by atoms with Crippen molar-refractivity contribution in [3.8, 4) is 11.3 Å². The van der Waals surface area contributed by atoms with Crippen molar-refractivity contribution in [1.82, 2.24) is 20.4 Å². The van der Waals surface area contributed by atoms with Crippen molar-refractivity contribution in [2.24, 2.45) is 0 Å². The number of hydrogen-bond donors (Lipinski definition) is 1. The van der Waals surface area contributed by atoms with E-state index in [-0.39, 0.29) is 12.5 Å². The molecule has 1 atom stereocenters. The van der Waals surface area contributed by atoms with Crippen LogP contribution in [-0.4, -0.2) is 27.0 Å². The smallest absolute Gasteiger partial charge is 0.325 e. The second-order valence-electron chi connectivity index (χ2n) is 6.21. The van der Waals surface area contributed by atoms with Gasteiger partial charge in [-0.15, -0.1) is 0 Å². The SMILES string of the molecule is C[C@]1(c2ccccn2)NC(=O)N(Cc2cc(-c3ccccc3)no2)C1=O. The molecule has 4 rings (SSSR count). The lowest BCUT2D eigenvalue weighted by Crippen LogP contribution is -2.41. The second-order valence-corrected chi connectivity index (χ2v) is 6.21. The molecule has 1 aromatic carbocycles. The number of rotatable bonds is 4. The molecule has 3 aromatic rings. The lowest BCUT2D eigenvalue weighted by molar-refractivity contribution is -0.131. The molecule has 26 heavy (non-hydrogen) atoms. The Morgan fingerprint density at radius 3 is 2.62 bits per heavy atom. The average Bonchev–Trinajstić information content (AvgIpc) is 3.23. The van der Waals surface area contributed by atoms with Crippen molar-refractivity contribution in [3.05, 3.63) is 72.2 Å². The summed E-state index contributed by atoms with van der Waals surface area (Å²) in [7, 11) is 0. The Morgan fingerprint density at radius 1 is 1.12 bits per heavy atom. The lowest BCUT2D eigenvalue weighted by atomic mass is 9.97. The largest absolute Gasteiger partial charge is 0.359 e. The molecule has 3 amide bonds. The van der Waals surface area contributed by atoms with Gasteiger partial charge in [0, 0.05) is 17.8 Å². The summed E-state index contributed by atoms with van der Waals surface area (Å²) >= 11 is 0. The van der Waals surface area contributed by atoms with Gasteiger partial charge in [0.05, 0.1) is 12.2 Å². The zero-order valence-corrected chi connectivity index (χ0v) is 14.0. The van der Waals surface area contributed by atoms with Crippen LogP contribution >= 0.6 is 0 Å². The van der Waals surface area contributed by atoms with E-state index in [1.165, 1.54) is 0 Å². The van der Waals surface area contributed by atoms with Crippen molar-refractivity contribution in [1.29, 1.82) is 0 Å². The van der Waals surface area contributed by atoms with E-state index < -0.39 is 11.6 Å². The second kappa shape index (κ2) is 6.11. The number of urea groups is 1. The number of nitrogens with one attached hydrogen (secondary N) is 1. The van der Waals surface area contributed by atoms with Gasteiger partial charge in [-0.05, 0) is 19.1 Å². The molecule has 0 unspecified atom stereocenters. The van der Waals surface area contributed by atoms with Gasteiger partial charge in [-0.2, -0.15) is 0 Å². The van der Waals surface area contributed by atoms with Crippen molar-refractivity contribution < 1.29 is 14.1 Å². The molecular formula is C19H16N4O3. The molecule has 1 aliphatic rings. The first-order chi connectivity index (χ1) is 12.6. The predicted octanol–water partition coefficient (Wildman–Crippen LogP) is 2.70. The standard InChI is InChI=1S/C19H16N4O3/c1-19(16-9-5-6-10-20-16)17(24)23(18(25)21-19)12-14-11-15(22-26-14)13-7-3-2-4-8-13/h2-11H,12H2,1H3,(H,21,25)/t19-/m1/s1. The summed E-state index contributed by atoms with van der Waals surface area (Å²) < 4.78 is 5.31. The fourth-order valence-corrected chi connectivity index (χ4v) is 2.96. The van der Waals surface area contributed by atoms with Crippen LogP contribution in [0.15, 0.2) is 65.3 Å². The van der Waals surface area contributed by atoms with Crippen molar-refractivity contribution in [3.63, 3.8) is 0 Å². The number of pyridine rings is 1. The fraction of sp³-hybridized carbons (Fsp3) is 0.158. The molecule has 130 valence electrons. The summed E-state index contributed by atoms with van der Waals surface area (Å²) in [6, 6.07) is 16.0. The Morgan fingerprint density at radius 2 is 1.88 bits per heavy atom. The number of aromatic nitrogens is 2. The average molecular weight is 348 g/mol. The minimum Gasteiger partial charge on any atom is -0.359 e. The summed E-state index contributed by atoms with van der Waals surface area (Å²) in [4.78, 5) is 30.5. The third-order valence-corrected chi connectivity index (χ3v) is 4.39. The normalized spacial score (nSPS) is 19.7. The predicted molar refractivity (Wildman–Crippen MR) is 92.6 cm³/mol. The van der Waals surface area contributed by atoms with E-state index in [0.717, 1.165) is 10.5 Å². The van der Waals surface area contributed by atoms with Crippen LogP contribution in [0, 0.1) is 0 Å². The molecule has 0 radical (unpaired) electrons. The van der Waals surface area contributed by atoms with Crippen molar-refractivity contribution >= 4 is 11.9 Å². The van der Waals surface area contributed by atoms with E-state index in [1.807, 2.05) is 30.3 Å². The molecule has 0 saturated carbocycles. The molecule has 0 spiro atoms. The summed E-state index contributed by atoms with van der Waals surface area (Å²) in [5.41, 5.74) is 0.849. The number of imide groups is 1. The third-order valence-electron chi connectivity index (χ3n) is 4.39. The highest BCUT2D eigenvalue weighted by atomic mass is 16.5. The van der Waals surface area contributed by atoms with E-state index in [0.29, 0.717) is 17.1 Å². The summed E-state index contributed by atoms with van der Waals surface area (Å²) in [5, 5.41) is 6.73. The van der Waals surface area contributed by atoms with Gasteiger partial charge in [0.15, 0.2) is 11.3 Å². The molecule has 7 heteroatoms. The van der Waals surface area contributed by atoms with E-state index >= 15 is 0 Å². The van der Waals surface area contributed by atoms with Gasteiger partial charge >= 0.3 is 6.03 Å². The maximum absolute atomic E-state index is 12.9. The third kappa shape index (κ3) is 2.63. The van der Waals surface area contributed by atoms with Gasteiger partial charge in [-0.3, -0.25) is 14.7 Å². The highest BCUT2D eigenvalue weighted by molar-refractivity contribution is 6.06. The lowest BCUT2D eigenvalue weighted by Gasteiger charge is -2.20. The minimum absolute atomic E-state index is 0.00687. The minimum atomic E-state index is -1.19. The van der Waals surface area contributed by atoms with Gasteiger partial charge in [0.25, 0.3) is 5.91 Å². The molecule has 1 N–H and O–H groups in total. The summed E-state index contributed by atoms with van der Waals surface area (Å²) in [6.45, 7) is 1.65. The van der Waals surface area contributed by atoms with Crippen LogP contribution in [-0.2, 0) is 16.9 Å².